The van der Waals surface area contributed by atoms with Gasteiger partial charge >= 0.3 is 118 Å². The Morgan fingerprint density at radius 1 is 1.40 bits per heavy atom. The van der Waals surface area contributed by atoms with Gasteiger partial charge in [-0.1, -0.05) is 0 Å². The summed E-state index contributed by atoms with van der Waals surface area (Å²) in [6.07, 6.45) is 4.05. The molecule has 0 radical (unpaired) electrons. The Balaban J connectivity index is 0.000000621. The van der Waals surface area contributed by atoms with Gasteiger partial charge in [0.15, 0.2) is 0 Å². The van der Waals surface area contributed by atoms with Gasteiger partial charge in [-0.3, -0.25) is 0 Å². The molecule has 106 valence electrons. The second-order valence-corrected chi connectivity index (χ2v) is 3.76. The third kappa shape index (κ3) is 9.23. The number of carbonyl (C=O) groups is 1. The van der Waals surface area contributed by atoms with Gasteiger partial charge in [-0.25, -0.2) is 0 Å². The van der Waals surface area contributed by atoms with E-state index in [1.165, 1.54) is 0 Å². The fourth-order valence-electron chi connectivity index (χ4n) is 1.28. The van der Waals surface area contributed by atoms with Crippen molar-refractivity contribution in [2.75, 3.05) is 19.9 Å². The Labute approximate surface area is 118 Å². The molecular weight excluding hydrogens is 260 g/mol. The van der Waals surface area contributed by atoms with E-state index in [9.17, 15) is 14.2 Å². The van der Waals surface area contributed by atoms with Crippen molar-refractivity contribution in [3.05, 3.63) is 30.1 Å². The second-order valence-electron chi connectivity index (χ2n) is 3.76. The molecule has 1 aromatic rings. The number of hydrogen-bond acceptors (Lipinski definition) is 6. The number of aromatic nitrogens is 1. The van der Waals surface area contributed by atoms with Gasteiger partial charge in [-0.15, -0.1) is 0 Å². The van der Waals surface area contributed by atoms with Crippen LogP contribution in [0.3, 0.4) is 0 Å². The molecule has 0 aromatic carbocycles. The molecule has 1 aromatic heterocycles. The fourth-order valence-corrected chi connectivity index (χ4v) is 1.28. The molecule has 1 atom stereocenters. The minimum absolute atomic E-state index is 0.0389. The number of nitrogens with one attached hydrogen (secondary N) is 2. The predicted molar refractivity (Wildman–Crippen MR) is 74.2 cm³/mol. The maximum atomic E-state index is 10.8. The van der Waals surface area contributed by atoms with Gasteiger partial charge in [0.05, 0.1) is 0 Å². The van der Waals surface area contributed by atoms with Gasteiger partial charge in [0.25, 0.3) is 0 Å². The fraction of sp³-hybridized carbons (Fsp3) is 0.455. The van der Waals surface area contributed by atoms with Crippen LogP contribution < -0.4 is 10.6 Å². The molecule has 0 saturated heterocycles. The van der Waals surface area contributed by atoms with E-state index in [0.717, 1.165) is 12.7 Å². The van der Waals surface area contributed by atoms with Crippen molar-refractivity contribution in [2.24, 2.45) is 0 Å². The van der Waals surface area contributed by atoms with Gasteiger partial charge in [-0.2, -0.15) is 0 Å². The van der Waals surface area contributed by atoms with Crippen LogP contribution in [0.5, 0.6) is 0 Å². The Bertz CT molecular complexity index is 406. The van der Waals surface area contributed by atoms with Gasteiger partial charge in [0.2, 0.25) is 0 Å². The molecule has 0 aliphatic rings. The van der Waals surface area contributed by atoms with Crippen LogP contribution in [0, 0.1) is 0 Å². The van der Waals surface area contributed by atoms with Crippen LogP contribution in [0.2, 0.25) is 0 Å². The number of carboxylic acids is 1. The van der Waals surface area contributed by atoms with E-state index in [0.29, 0.717) is 20.0 Å². The van der Waals surface area contributed by atoms with Crippen LogP contribution in [-0.4, -0.2) is 56.3 Å². The van der Waals surface area contributed by atoms with Crippen LogP contribution >= 0.6 is 0 Å². The molecule has 3 N–H and O–H groups in total. The quantitative estimate of drug-likeness (QED) is 0.517. The number of aliphatic carboxylic acids is 1. The summed E-state index contributed by atoms with van der Waals surface area (Å²) < 4.78 is 19.5. The molecule has 0 amide bonds. The van der Waals surface area contributed by atoms with Crippen molar-refractivity contribution in [3.8, 4) is 0 Å². The Morgan fingerprint density at radius 3 is 2.50 bits per heavy atom. The molecule has 0 aliphatic heterocycles. The van der Waals surface area contributed by atoms with E-state index in [1.54, 1.807) is 31.6 Å². The Hall–Kier alpha value is -1.73. The van der Waals surface area contributed by atoms with Crippen molar-refractivity contribution >= 4 is 20.3 Å². The number of nitrogens with zero attached hydrogens (tertiary/aromatic N) is 1. The standard InChI is InChI=1S/C9H11BN2O3.C2H6BNO/c13-9(14)8(12-6-10-15)4-7-2-1-3-11-5-7;1-4-2-3-5/h1-3,5,8,12H,4,6H2,(H,13,14);4H,2H2,1H3. The van der Waals surface area contributed by atoms with E-state index < -0.39 is 12.0 Å². The van der Waals surface area contributed by atoms with Gasteiger partial charge in [0.1, 0.15) is 0 Å². The van der Waals surface area contributed by atoms with Gasteiger partial charge in [0, 0.05) is 0 Å². The summed E-state index contributed by atoms with van der Waals surface area (Å²) in [4.78, 5) is 14.7. The molecule has 0 spiro atoms. The normalized spacial score (nSPS) is 10.4. The minimum atomic E-state index is -0.972. The summed E-state index contributed by atoms with van der Waals surface area (Å²) in [6, 6.07) is 2.79. The van der Waals surface area contributed by atoms with Crippen molar-refractivity contribution in [3.63, 3.8) is 0 Å². The molecule has 1 unspecified atom stereocenters. The maximum absolute atomic E-state index is 10.8. The number of carboxylic acid groups (broad SMARTS) is 1. The third-order valence-electron chi connectivity index (χ3n) is 2.20. The van der Waals surface area contributed by atoms with E-state index >= 15 is 0 Å². The van der Waals surface area contributed by atoms with Gasteiger partial charge in [-0.05, 0) is 0 Å². The molecule has 0 fully saturated rings. The van der Waals surface area contributed by atoms with Crippen molar-refractivity contribution < 1.29 is 19.3 Å². The molecule has 20 heavy (non-hydrogen) atoms. The first-order chi connectivity index (χ1) is 9.65. The van der Waals surface area contributed by atoms with Crippen LogP contribution in [0.4, 0.5) is 0 Å². The number of hydrogen-bond donors (Lipinski definition) is 3. The van der Waals surface area contributed by atoms with Crippen LogP contribution in [0.15, 0.2) is 24.5 Å². The van der Waals surface area contributed by atoms with Crippen molar-refractivity contribution in [2.45, 2.75) is 12.5 Å². The van der Waals surface area contributed by atoms with Crippen LogP contribution in [-0.2, 0) is 20.6 Å². The summed E-state index contributed by atoms with van der Waals surface area (Å²) in [6.45, 7) is 0. The number of rotatable bonds is 8. The molecule has 9 heteroatoms. The zero-order valence-electron chi connectivity index (χ0n) is 11.3. The van der Waals surface area contributed by atoms with Crippen LogP contribution in [0.25, 0.3) is 0 Å². The average Bonchev–Trinajstić information content (AvgIpc) is 2.46. The van der Waals surface area contributed by atoms with E-state index in [1.807, 2.05) is 0 Å². The predicted octanol–water partition coefficient (Wildman–Crippen LogP) is -1.11. The second kappa shape index (κ2) is 12.3. The molecule has 1 heterocycles. The van der Waals surface area contributed by atoms with E-state index in [2.05, 4.69) is 15.6 Å². The first-order valence-electron chi connectivity index (χ1n) is 6.02. The zero-order valence-corrected chi connectivity index (χ0v) is 11.3. The molecule has 0 bridgehead atoms. The Morgan fingerprint density at radius 2 is 2.10 bits per heavy atom. The monoisotopic (exact) mass is 277 g/mol. The van der Waals surface area contributed by atoms with Crippen molar-refractivity contribution in [1.82, 2.24) is 15.6 Å². The SMILES string of the molecule is CNCB=O.O=BCNC(Cc1cccnc1)C(=O)O. The average molecular weight is 277 g/mol. The van der Waals surface area contributed by atoms with E-state index in [-0.39, 0.29) is 6.44 Å². The molecule has 7 nitrogen and oxygen atoms in total. The summed E-state index contributed by atoms with van der Waals surface area (Å²) in [5.41, 5.74) is 0.822. The summed E-state index contributed by atoms with van der Waals surface area (Å²) >= 11 is 0. The summed E-state index contributed by atoms with van der Waals surface area (Å²) in [7, 11) is 3.19. The first-order valence-corrected chi connectivity index (χ1v) is 6.02. The first kappa shape index (κ1) is 18.3. The van der Waals surface area contributed by atoms with E-state index in [4.69, 9.17) is 5.11 Å². The molecule has 0 saturated carbocycles. The topological polar surface area (TPSA) is 108 Å². The molecule has 0 aliphatic carbocycles. The summed E-state index contributed by atoms with van der Waals surface area (Å²) in [5, 5.41) is 14.1. The summed E-state index contributed by atoms with van der Waals surface area (Å²) in [5.74, 6) is -0.972. The Kier molecular flexibility index (Phi) is 11.2. The van der Waals surface area contributed by atoms with Gasteiger partial charge < -0.3 is 0 Å². The third-order valence-corrected chi connectivity index (χ3v) is 2.20. The zero-order chi connectivity index (χ0) is 15.2. The van der Waals surface area contributed by atoms with Crippen molar-refractivity contribution in [1.29, 1.82) is 0 Å². The molecule has 1 rings (SSSR count). The molecular formula is C11H17B2N3O4. The van der Waals surface area contributed by atoms with Crippen LogP contribution in [0.1, 0.15) is 5.56 Å². The number of pyridine rings is 1.